The number of likely N-dealkylation sites (tertiary alicyclic amines) is 2. The van der Waals surface area contributed by atoms with Gasteiger partial charge in [0.15, 0.2) is 0 Å². The van der Waals surface area contributed by atoms with E-state index in [0.29, 0.717) is 6.10 Å². The number of hydrogen-bond donors (Lipinski definition) is 0. The number of rotatable bonds is 4. The van der Waals surface area contributed by atoms with Gasteiger partial charge in [0.2, 0.25) is 0 Å². The van der Waals surface area contributed by atoms with E-state index in [1.54, 1.807) is 0 Å². The fourth-order valence-corrected chi connectivity index (χ4v) is 4.80. The Balaban J connectivity index is 1.35. The molecular formula is C19H36N2O. The summed E-state index contributed by atoms with van der Waals surface area (Å²) in [5.74, 6) is 1.92. The second-order valence-corrected chi connectivity index (χ2v) is 8.13. The summed E-state index contributed by atoms with van der Waals surface area (Å²) in [6.07, 6.45) is 11.7. The first-order valence-corrected chi connectivity index (χ1v) is 9.73. The lowest BCUT2D eigenvalue weighted by molar-refractivity contribution is 0.0285. The average molecular weight is 309 g/mol. The van der Waals surface area contributed by atoms with Gasteiger partial charge in [-0.2, -0.15) is 0 Å². The van der Waals surface area contributed by atoms with E-state index in [2.05, 4.69) is 16.7 Å². The minimum atomic E-state index is 0.520. The molecular weight excluding hydrogens is 272 g/mol. The first-order valence-electron chi connectivity index (χ1n) is 9.73. The van der Waals surface area contributed by atoms with Crippen LogP contribution in [0.15, 0.2) is 0 Å². The molecule has 0 aromatic heterocycles. The SMILES string of the molecule is COC1CCN(CC2CCN(C3CCC(C)CC3)CC2)CC1. The molecule has 2 aliphatic heterocycles. The Hall–Kier alpha value is -0.120. The van der Waals surface area contributed by atoms with Gasteiger partial charge < -0.3 is 14.5 Å². The summed E-state index contributed by atoms with van der Waals surface area (Å²) < 4.78 is 5.48. The predicted octanol–water partition coefficient (Wildman–Crippen LogP) is 3.39. The van der Waals surface area contributed by atoms with Crippen LogP contribution in [0.1, 0.15) is 58.3 Å². The Kier molecular flexibility index (Phi) is 6.17. The molecule has 0 unspecified atom stereocenters. The summed E-state index contributed by atoms with van der Waals surface area (Å²) in [6, 6.07) is 0.912. The van der Waals surface area contributed by atoms with Crippen molar-refractivity contribution in [2.75, 3.05) is 39.8 Å². The van der Waals surface area contributed by atoms with E-state index in [4.69, 9.17) is 4.74 Å². The van der Waals surface area contributed by atoms with Crippen LogP contribution in [0.2, 0.25) is 0 Å². The Morgan fingerprint density at radius 1 is 0.818 bits per heavy atom. The Morgan fingerprint density at radius 2 is 1.45 bits per heavy atom. The molecule has 3 heteroatoms. The molecule has 22 heavy (non-hydrogen) atoms. The minimum Gasteiger partial charge on any atom is -0.381 e. The maximum atomic E-state index is 5.48. The molecule has 0 N–H and O–H groups in total. The molecule has 2 saturated heterocycles. The molecule has 0 aromatic carbocycles. The molecule has 3 rings (SSSR count). The molecule has 3 aliphatic rings. The molecule has 3 fully saturated rings. The Labute approximate surface area is 137 Å². The molecule has 0 amide bonds. The van der Waals surface area contributed by atoms with E-state index in [-0.39, 0.29) is 0 Å². The van der Waals surface area contributed by atoms with Gasteiger partial charge in [-0.3, -0.25) is 0 Å². The second-order valence-electron chi connectivity index (χ2n) is 8.13. The van der Waals surface area contributed by atoms with Gasteiger partial charge in [-0.05, 0) is 76.3 Å². The third kappa shape index (κ3) is 4.46. The third-order valence-corrected chi connectivity index (χ3v) is 6.54. The van der Waals surface area contributed by atoms with Crippen LogP contribution in [0, 0.1) is 11.8 Å². The molecule has 0 atom stereocenters. The second kappa shape index (κ2) is 8.12. The fourth-order valence-electron chi connectivity index (χ4n) is 4.80. The van der Waals surface area contributed by atoms with Crippen LogP contribution in [0.3, 0.4) is 0 Å². The van der Waals surface area contributed by atoms with Crippen molar-refractivity contribution in [3.05, 3.63) is 0 Å². The van der Waals surface area contributed by atoms with Crippen molar-refractivity contribution in [2.24, 2.45) is 11.8 Å². The zero-order valence-corrected chi connectivity index (χ0v) is 14.8. The van der Waals surface area contributed by atoms with Crippen LogP contribution in [-0.4, -0.2) is 61.8 Å². The number of hydrogen-bond acceptors (Lipinski definition) is 3. The summed E-state index contributed by atoms with van der Waals surface area (Å²) in [5.41, 5.74) is 0. The van der Waals surface area contributed by atoms with Crippen LogP contribution in [0.25, 0.3) is 0 Å². The number of ether oxygens (including phenoxy) is 1. The van der Waals surface area contributed by atoms with Gasteiger partial charge in [0.1, 0.15) is 0 Å². The van der Waals surface area contributed by atoms with Crippen molar-refractivity contribution in [3.63, 3.8) is 0 Å². The molecule has 1 aliphatic carbocycles. The van der Waals surface area contributed by atoms with Gasteiger partial charge in [0.25, 0.3) is 0 Å². The average Bonchev–Trinajstić information content (AvgIpc) is 2.57. The van der Waals surface area contributed by atoms with Gasteiger partial charge >= 0.3 is 0 Å². The van der Waals surface area contributed by atoms with Crippen molar-refractivity contribution in [3.8, 4) is 0 Å². The van der Waals surface area contributed by atoms with Crippen LogP contribution >= 0.6 is 0 Å². The zero-order chi connectivity index (χ0) is 15.4. The molecule has 0 spiro atoms. The number of piperidine rings is 2. The molecule has 2 heterocycles. The van der Waals surface area contributed by atoms with Gasteiger partial charge in [-0.25, -0.2) is 0 Å². The zero-order valence-electron chi connectivity index (χ0n) is 14.8. The third-order valence-electron chi connectivity index (χ3n) is 6.54. The van der Waals surface area contributed by atoms with Crippen molar-refractivity contribution in [1.29, 1.82) is 0 Å². The molecule has 1 saturated carbocycles. The van der Waals surface area contributed by atoms with E-state index in [1.165, 1.54) is 84.1 Å². The molecule has 0 bridgehead atoms. The summed E-state index contributed by atoms with van der Waals surface area (Å²) in [7, 11) is 1.86. The van der Waals surface area contributed by atoms with E-state index in [0.717, 1.165) is 17.9 Å². The molecule has 0 aromatic rings. The number of methoxy groups -OCH3 is 1. The van der Waals surface area contributed by atoms with Gasteiger partial charge in [-0.15, -0.1) is 0 Å². The van der Waals surface area contributed by atoms with E-state index in [1.807, 2.05) is 7.11 Å². The first kappa shape index (κ1) is 16.7. The first-order chi connectivity index (χ1) is 10.7. The van der Waals surface area contributed by atoms with Crippen molar-refractivity contribution >= 4 is 0 Å². The number of nitrogens with zero attached hydrogens (tertiary/aromatic N) is 2. The van der Waals surface area contributed by atoms with Crippen LogP contribution in [0.4, 0.5) is 0 Å². The lowest BCUT2D eigenvalue weighted by atomic mass is 9.85. The summed E-state index contributed by atoms with van der Waals surface area (Å²) in [4.78, 5) is 5.51. The molecule has 128 valence electrons. The smallest absolute Gasteiger partial charge is 0.0595 e. The molecule has 0 radical (unpaired) electrons. The van der Waals surface area contributed by atoms with Crippen molar-refractivity contribution in [2.45, 2.75) is 70.4 Å². The lowest BCUT2D eigenvalue weighted by Crippen LogP contribution is -2.46. The van der Waals surface area contributed by atoms with Gasteiger partial charge in [0, 0.05) is 32.8 Å². The largest absolute Gasteiger partial charge is 0.381 e. The summed E-state index contributed by atoms with van der Waals surface area (Å²) >= 11 is 0. The monoisotopic (exact) mass is 308 g/mol. The van der Waals surface area contributed by atoms with Crippen LogP contribution in [-0.2, 0) is 4.74 Å². The van der Waals surface area contributed by atoms with E-state index >= 15 is 0 Å². The van der Waals surface area contributed by atoms with E-state index in [9.17, 15) is 0 Å². The molecule has 3 nitrogen and oxygen atoms in total. The van der Waals surface area contributed by atoms with Crippen LogP contribution < -0.4 is 0 Å². The topological polar surface area (TPSA) is 15.7 Å². The van der Waals surface area contributed by atoms with E-state index < -0.39 is 0 Å². The van der Waals surface area contributed by atoms with Gasteiger partial charge in [0.05, 0.1) is 6.10 Å². The van der Waals surface area contributed by atoms with Crippen molar-refractivity contribution in [1.82, 2.24) is 9.80 Å². The van der Waals surface area contributed by atoms with Crippen LogP contribution in [0.5, 0.6) is 0 Å². The highest BCUT2D eigenvalue weighted by atomic mass is 16.5. The van der Waals surface area contributed by atoms with Crippen molar-refractivity contribution < 1.29 is 4.74 Å². The highest BCUT2D eigenvalue weighted by Crippen LogP contribution is 2.30. The Morgan fingerprint density at radius 3 is 2.05 bits per heavy atom. The predicted molar refractivity (Wildman–Crippen MR) is 92.2 cm³/mol. The fraction of sp³-hybridized carbons (Fsp3) is 1.00. The minimum absolute atomic E-state index is 0.520. The lowest BCUT2D eigenvalue weighted by Gasteiger charge is -2.42. The van der Waals surface area contributed by atoms with Gasteiger partial charge in [-0.1, -0.05) is 6.92 Å². The Bertz CT molecular complexity index is 311. The summed E-state index contributed by atoms with van der Waals surface area (Å²) in [5, 5.41) is 0. The standard InChI is InChI=1S/C19H36N2O/c1-16-3-5-18(6-4-16)21-13-7-17(8-14-21)15-20-11-9-19(22-2)10-12-20/h16-19H,3-15H2,1-2H3. The summed E-state index contributed by atoms with van der Waals surface area (Å²) in [6.45, 7) is 8.98. The highest BCUT2D eigenvalue weighted by molar-refractivity contribution is 4.84. The normalized spacial score (nSPS) is 34.1. The quantitative estimate of drug-likeness (QED) is 0.792. The maximum Gasteiger partial charge on any atom is 0.0595 e. The maximum absolute atomic E-state index is 5.48. The highest BCUT2D eigenvalue weighted by Gasteiger charge is 2.29.